The lowest BCUT2D eigenvalue weighted by Gasteiger charge is -2.14. The monoisotopic (exact) mass is 451 g/mol. The van der Waals surface area contributed by atoms with E-state index in [4.69, 9.17) is 11.6 Å². The highest BCUT2D eigenvalue weighted by Gasteiger charge is 2.34. The van der Waals surface area contributed by atoms with Crippen molar-refractivity contribution in [1.82, 2.24) is 15.3 Å². The first-order valence-corrected chi connectivity index (χ1v) is 10.2. The third-order valence-corrected chi connectivity index (χ3v) is 5.31. The number of carbonyl (C=O) groups excluding carboxylic acids is 1. The number of amides is 1. The molecule has 2 aromatic carbocycles. The van der Waals surface area contributed by atoms with Crippen LogP contribution < -0.4 is 5.32 Å². The fourth-order valence-electron chi connectivity index (χ4n) is 2.53. The van der Waals surface area contributed by atoms with E-state index in [2.05, 4.69) is 15.3 Å². The van der Waals surface area contributed by atoms with Gasteiger partial charge in [-0.25, -0.2) is 9.97 Å². The molecule has 0 bridgehead atoms. The van der Waals surface area contributed by atoms with E-state index in [0.717, 1.165) is 23.4 Å². The molecule has 0 spiro atoms. The number of thioether (sulfide) groups is 1. The summed E-state index contributed by atoms with van der Waals surface area (Å²) in [4.78, 5) is 20.2. The SMILES string of the molecule is C[C@@H](Sc1nc(-c2ccccc2)cc(C(F)(F)F)n1)C(=O)NCc1ccc(Cl)cc1. The van der Waals surface area contributed by atoms with Crippen molar-refractivity contribution in [1.29, 1.82) is 0 Å². The number of benzene rings is 2. The van der Waals surface area contributed by atoms with Crippen molar-refractivity contribution in [3.05, 3.63) is 76.9 Å². The number of aromatic nitrogens is 2. The average Bonchev–Trinajstić information content (AvgIpc) is 2.73. The van der Waals surface area contributed by atoms with Gasteiger partial charge in [0.05, 0.1) is 10.9 Å². The predicted molar refractivity (Wildman–Crippen MR) is 111 cm³/mol. The zero-order chi connectivity index (χ0) is 21.7. The molecular formula is C21H17ClF3N3OS. The maximum Gasteiger partial charge on any atom is 0.433 e. The van der Waals surface area contributed by atoms with E-state index in [1.807, 2.05) is 0 Å². The summed E-state index contributed by atoms with van der Waals surface area (Å²) in [6.45, 7) is 1.87. The Labute approximate surface area is 180 Å². The maximum atomic E-state index is 13.3. The lowest BCUT2D eigenvalue weighted by molar-refractivity contribution is -0.141. The summed E-state index contributed by atoms with van der Waals surface area (Å²) < 4.78 is 39.9. The van der Waals surface area contributed by atoms with E-state index in [0.29, 0.717) is 10.6 Å². The number of rotatable bonds is 6. The highest BCUT2D eigenvalue weighted by Crippen LogP contribution is 2.32. The first-order chi connectivity index (χ1) is 14.2. The summed E-state index contributed by atoms with van der Waals surface area (Å²) in [5, 5.41) is 2.53. The second-order valence-corrected chi connectivity index (χ2v) is 8.13. The van der Waals surface area contributed by atoms with Gasteiger partial charge in [-0.2, -0.15) is 13.2 Å². The van der Waals surface area contributed by atoms with Crippen LogP contribution in [0, 0.1) is 0 Å². The van der Waals surface area contributed by atoms with Crippen LogP contribution in [0.5, 0.6) is 0 Å². The minimum atomic E-state index is -4.62. The van der Waals surface area contributed by atoms with E-state index >= 15 is 0 Å². The van der Waals surface area contributed by atoms with E-state index in [1.54, 1.807) is 61.5 Å². The highest BCUT2D eigenvalue weighted by atomic mass is 35.5. The normalized spacial score (nSPS) is 12.4. The Hall–Kier alpha value is -2.58. The number of alkyl halides is 3. The van der Waals surface area contributed by atoms with Gasteiger partial charge < -0.3 is 5.32 Å². The van der Waals surface area contributed by atoms with Crippen molar-refractivity contribution in [2.45, 2.75) is 30.1 Å². The third-order valence-electron chi connectivity index (χ3n) is 4.10. The van der Waals surface area contributed by atoms with Crippen molar-refractivity contribution in [2.24, 2.45) is 0 Å². The van der Waals surface area contributed by atoms with E-state index < -0.39 is 17.1 Å². The van der Waals surface area contributed by atoms with Gasteiger partial charge in [0, 0.05) is 17.1 Å². The molecule has 0 aliphatic carbocycles. The summed E-state index contributed by atoms with van der Waals surface area (Å²) in [6, 6.07) is 16.4. The Kier molecular flexibility index (Phi) is 6.99. The van der Waals surface area contributed by atoms with Crippen LogP contribution in [0.2, 0.25) is 5.02 Å². The number of halogens is 4. The molecule has 0 unspecified atom stereocenters. The zero-order valence-electron chi connectivity index (χ0n) is 15.8. The van der Waals surface area contributed by atoms with Gasteiger partial charge >= 0.3 is 6.18 Å². The number of hydrogen-bond acceptors (Lipinski definition) is 4. The van der Waals surface area contributed by atoms with Crippen LogP contribution in [0.1, 0.15) is 18.2 Å². The fourth-order valence-corrected chi connectivity index (χ4v) is 3.46. The second-order valence-electron chi connectivity index (χ2n) is 6.39. The van der Waals surface area contributed by atoms with Gasteiger partial charge in [0.1, 0.15) is 5.69 Å². The molecule has 1 N–H and O–H groups in total. The summed E-state index contributed by atoms with van der Waals surface area (Å²) in [6.07, 6.45) is -4.62. The minimum absolute atomic E-state index is 0.113. The molecular weight excluding hydrogens is 435 g/mol. The Balaban J connectivity index is 1.75. The minimum Gasteiger partial charge on any atom is -0.351 e. The maximum absolute atomic E-state index is 13.3. The molecule has 9 heteroatoms. The van der Waals surface area contributed by atoms with Crippen LogP contribution in [-0.2, 0) is 17.5 Å². The third kappa shape index (κ3) is 5.96. The zero-order valence-corrected chi connectivity index (χ0v) is 17.4. The van der Waals surface area contributed by atoms with Gasteiger partial charge in [-0.1, -0.05) is 65.8 Å². The Morgan fingerprint density at radius 2 is 1.77 bits per heavy atom. The van der Waals surface area contributed by atoms with Gasteiger partial charge in [-0.3, -0.25) is 4.79 Å². The lowest BCUT2D eigenvalue weighted by atomic mass is 10.1. The lowest BCUT2D eigenvalue weighted by Crippen LogP contribution is -2.30. The van der Waals surface area contributed by atoms with Crippen LogP contribution in [0.4, 0.5) is 13.2 Å². The van der Waals surface area contributed by atoms with Crippen molar-refractivity contribution in [3.63, 3.8) is 0 Å². The number of nitrogens with zero attached hydrogens (tertiary/aromatic N) is 2. The summed E-state index contributed by atoms with van der Waals surface area (Å²) >= 11 is 6.71. The largest absolute Gasteiger partial charge is 0.433 e. The molecule has 0 fully saturated rings. The van der Waals surface area contributed by atoms with Crippen molar-refractivity contribution >= 4 is 29.3 Å². The Morgan fingerprint density at radius 1 is 1.10 bits per heavy atom. The van der Waals surface area contributed by atoms with Crippen molar-refractivity contribution in [3.8, 4) is 11.3 Å². The van der Waals surface area contributed by atoms with Crippen LogP contribution in [-0.4, -0.2) is 21.1 Å². The molecule has 1 amide bonds. The second kappa shape index (κ2) is 9.49. The van der Waals surface area contributed by atoms with Crippen LogP contribution in [0.25, 0.3) is 11.3 Å². The van der Waals surface area contributed by atoms with Gasteiger partial charge in [-0.15, -0.1) is 0 Å². The van der Waals surface area contributed by atoms with Crippen molar-refractivity contribution < 1.29 is 18.0 Å². The molecule has 0 radical (unpaired) electrons. The molecule has 3 rings (SSSR count). The number of nitrogens with one attached hydrogen (secondary N) is 1. The molecule has 0 saturated heterocycles. The molecule has 3 aromatic rings. The van der Waals surface area contributed by atoms with Crippen LogP contribution in [0.3, 0.4) is 0 Å². The smallest absolute Gasteiger partial charge is 0.351 e. The molecule has 0 aliphatic heterocycles. The van der Waals surface area contributed by atoms with E-state index in [9.17, 15) is 18.0 Å². The molecule has 0 saturated carbocycles. The Bertz CT molecular complexity index is 1010. The quantitative estimate of drug-likeness (QED) is 0.391. The molecule has 4 nitrogen and oxygen atoms in total. The number of carbonyl (C=O) groups is 1. The molecule has 30 heavy (non-hydrogen) atoms. The predicted octanol–water partition coefficient (Wildman–Crippen LogP) is 5.61. The molecule has 156 valence electrons. The van der Waals surface area contributed by atoms with Gasteiger partial charge in [0.25, 0.3) is 0 Å². The fraction of sp³-hybridized carbons (Fsp3) is 0.190. The molecule has 1 atom stereocenters. The molecule has 1 aromatic heterocycles. The molecule has 1 heterocycles. The average molecular weight is 452 g/mol. The van der Waals surface area contributed by atoms with Gasteiger partial charge in [0.2, 0.25) is 5.91 Å². The summed E-state index contributed by atoms with van der Waals surface area (Å²) in [5.74, 6) is -0.336. The van der Waals surface area contributed by atoms with Crippen LogP contribution in [0.15, 0.2) is 65.8 Å². The summed E-state index contributed by atoms with van der Waals surface area (Å²) in [7, 11) is 0. The van der Waals surface area contributed by atoms with E-state index in [1.165, 1.54) is 0 Å². The van der Waals surface area contributed by atoms with Crippen molar-refractivity contribution in [2.75, 3.05) is 0 Å². The molecule has 0 aliphatic rings. The van der Waals surface area contributed by atoms with E-state index in [-0.39, 0.29) is 23.3 Å². The van der Waals surface area contributed by atoms with Gasteiger partial charge in [0.15, 0.2) is 5.16 Å². The first-order valence-electron chi connectivity index (χ1n) is 8.93. The Morgan fingerprint density at radius 3 is 2.40 bits per heavy atom. The summed E-state index contributed by atoms with van der Waals surface area (Å²) in [5.41, 5.74) is 0.487. The topological polar surface area (TPSA) is 54.9 Å². The first kappa shape index (κ1) is 22.1. The standard InChI is InChI=1S/C21H17ClF3N3OS/c1-13(19(29)26-12-14-7-9-16(22)10-8-14)30-20-27-17(15-5-3-2-4-6-15)11-18(28-20)21(23,24)25/h2-11,13H,12H2,1H3,(H,26,29)/t13-/m1/s1. The number of hydrogen-bond donors (Lipinski definition) is 1. The van der Waals surface area contributed by atoms with Gasteiger partial charge in [-0.05, 0) is 30.7 Å². The highest BCUT2D eigenvalue weighted by molar-refractivity contribution is 8.00. The van der Waals surface area contributed by atoms with Crippen LogP contribution >= 0.6 is 23.4 Å².